The lowest BCUT2D eigenvalue weighted by Gasteiger charge is -2.10. The van der Waals surface area contributed by atoms with Gasteiger partial charge in [0.2, 0.25) is 23.7 Å². The number of amides is 1. The molecule has 1 fully saturated rings. The summed E-state index contributed by atoms with van der Waals surface area (Å²) in [6.45, 7) is 5.96. The van der Waals surface area contributed by atoms with Crippen molar-refractivity contribution in [2.45, 2.75) is 38.6 Å². The van der Waals surface area contributed by atoms with Crippen LogP contribution in [0.25, 0.3) is 11.4 Å². The van der Waals surface area contributed by atoms with Crippen LogP contribution >= 0.6 is 0 Å². The molecule has 8 nitrogen and oxygen atoms in total. The molecule has 2 aromatic rings. The second kappa shape index (κ2) is 5.70. The predicted molar refractivity (Wildman–Crippen MR) is 86.0 cm³/mol. The van der Waals surface area contributed by atoms with E-state index < -0.39 is 16.9 Å². The van der Waals surface area contributed by atoms with Crippen molar-refractivity contribution in [2.24, 2.45) is 5.92 Å². The topological polar surface area (TPSA) is 111 Å². The highest BCUT2D eigenvalue weighted by Gasteiger charge is 2.53. The predicted octanol–water partition coefficient (Wildman–Crippen LogP) is 2.64. The summed E-state index contributed by atoms with van der Waals surface area (Å²) in [6, 6.07) is 6.21. The van der Waals surface area contributed by atoms with Crippen LogP contribution in [-0.2, 0) is 10.2 Å². The van der Waals surface area contributed by atoms with E-state index in [0.29, 0.717) is 23.8 Å². The largest absolute Gasteiger partial charge is 0.338 e. The molecule has 1 aliphatic rings. The molecule has 2 atom stereocenters. The summed E-state index contributed by atoms with van der Waals surface area (Å²) in [5.41, 5.74) is 1.12. The van der Waals surface area contributed by atoms with Crippen molar-refractivity contribution in [3.8, 4) is 11.4 Å². The van der Waals surface area contributed by atoms with E-state index in [1.165, 1.54) is 0 Å². The van der Waals surface area contributed by atoms with Crippen LogP contribution in [0.15, 0.2) is 28.8 Å². The molecule has 3 rings (SSSR count). The minimum atomic E-state index is -0.751. The van der Waals surface area contributed by atoms with Crippen LogP contribution in [0.1, 0.15) is 33.1 Å². The van der Waals surface area contributed by atoms with Crippen molar-refractivity contribution in [2.75, 3.05) is 5.32 Å². The van der Waals surface area contributed by atoms with Crippen LogP contribution in [-0.4, -0.2) is 27.0 Å². The van der Waals surface area contributed by atoms with E-state index in [1.807, 2.05) is 20.8 Å². The molecule has 1 heterocycles. The summed E-state index contributed by atoms with van der Waals surface area (Å²) < 4.78 is 5.26. The van der Waals surface area contributed by atoms with Gasteiger partial charge in [-0.15, -0.1) is 0 Å². The molecule has 0 bridgehead atoms. The maximum atomic E-state index is 11.9. The zero-order valence-corrected chi connectivity index (χ0v) is 13.6. The number of benzene rings is 1. The van der Waals surface area contributed by atoms with Crippen LogP contribution in [0.3, 0.4) is 0 Å². The molecule has 0 spiro atoms. The molecule has 0 aliphatic heterocycles. The van der Waals surface area contributed by atoms with E-state index in [-0.39, 0.29) is 11.3 Å². The first-order valence-electron chi connectivity index (χ1n) is 7.64. The minimum Gasteiger partial charge on any atom is -0.338 e. The molecule has 24 heavy (non-hydrogen) atoms. The number of hydrogen-bond acceptors (Lipinski definition) is 6. The molecule has 1 N–H and O–H groups in total. The van der Waals surface area contributed by atoms with Crippen molar-refractivity contribution >= 4 is 11.6 Å². The lowest BCUT2D eigenvalue weighted by molar-refractivity contribution is -0.497. The maximum absolute atomic E-state index is 11.9. The number of nitro groups is 1. The Morgan fingerprint density at radius 1 is 1.33 bits per heavy atom. The highest BCUT2D eigenvalue weighted by atomic mass is 16.6. The number of hydrogen-bond donors (Lipinski definition) is 1. The first kappa shape index (κ1) is 16.1. The Bertz CT molecular complexity index is 776. The van der Waals surface area contributed by atoms with Gasteiger partial charge in [0.25, 0.3) is 0 Å². The maximum Gasteiger partial charge on any atom is 0.234 e. The van der Waals surface area contributed by atoms with Crippen LogP contribution in [0.5, 0.6) is 0 Å². The molecular formula is C16H18N4O4. The summed E-state index contributed by atoms with van der Waals surface area (Å²) in [5.74, 6) is 0.174. The summed E-state index contributed by atoms with van der Waals surface area (Å²) in [4.78, 5) is 26.5. The number of nitrogens with one attached hydrogen (secondary N) is 1. The molecule has 1 amide bonds. The van der Waals surface area contributed by atoms with Gasteiger partial charge in [0.1, 0.15) is 5.92 Å². The summed E-state index contributed by atoms with van der Waals surface area (Å²) in [6.07, 6.45) is 0.301. The zero-order chi connectivity index (χ0) is 17.5. The Labute approximate surface area is 138 Å². The average molecular weight is 330 g/mol. The summed E-state index contributed by atoms with van der Waals surface area (Å²) >= 11 is 0. The molecule has 1 aromatic heterocycles. The highest BCUT2D eigenvalue weighted by Crippen LogP contribution is 2.34. The van der Waals surface area contributed by atoms with Crippen molar-refractivity contribution in [3.05, 3.63) is 40.3 Å². The normalized spacial score (nSPS) is 19.8. The van der Waals surface area contributed by atoms with Gasteiger partial charge >= 0.3 is 0 Å². The third kappa shape index (κ3) is 3.27. The van der Waals surface area contributed by atoms with Gasteiger partial charge in [-0.25, -0.2) is 0 Å². The van der Waals surface area contributed by atoms with Crippen molar-refractivity contribution < 1.29 is 14.2 Å². The fourth-order valence-electron chi connectivity index (χ4n) is 2.28. The third-order valence-corrected chi connectivity index (χ3v) is 3.84. The number of nitrogens with zero attached hydrogens (tertiary/aromatic N) is 3. The first-order chi connectivity index (χ1) is 11.3. The van der Waals surface area contributed by atoms with Gasteiger partial charge in [0.05, 0.1) is 0 Å². The van der Waals surface area contributed by atoms with E-state index in [2.05, 4.69) is 15.5 Å². The van der Waals surface area contributed by atoms with Gasteiger partial charge in [-0.1, -0.05) is 25.9 Å². The molecule has 126 valence electrons. The summed E-state index contributed by atoms with van der Waals surface area (Å²) in [7, 11) is 0. The molecule has 1 saturated carbocycles. The van der Waals surface area contributed by atoms with Gasteiger partial charge in [-0.3, -0.25) is 14.9 Å². The Morgan fingerprint density at radius 2 is 2.00 bits per heavy atom. The van der Waals surface area contributed by atoms with Gasteiger partial charge in [-0.05, 0) is 24.3 Å². The van der Waals surface area contributed by atoms with Crippen molar-refractivity contribution in [3.63, 3.8) is 0 Å². The molecular weight excluding hydrogens is 312 g/mol. The smallest absolute Gasteiger partial charge is 0.234 e. The Morgan fingerprint density at radius 3 is 2.50 bits per heavy atom. The number of aromatic nitrogens is 2. The van der Waals surface area contributed by atoms with Gasteiger partial charge < -0.3 is 9.84 Å². The Kier molecular flexibility index (Phi) is 3.82. The third-order valence-electron chi connectivity index (χ3n) is 3.84. The molecule has 1 aromatic carbocycles. The number of carbonyl (C=O) groups is 1. The minimum absolute atomic E-state index is 0.225. The molecule has 1 aliphatic carbocycles. The highest BCUT2D eigenvalue weighted by molar-refractivity contribution is 5.94. The van der Waals surface area contributed by atoms with E-state index >= 15 is 0 Å². The lowest BCUT2D eigenvalue weighted by Crippen LogP contribution is -2.18. The molecule has 0 unspecified atom stereocenters. The van der Waals surface area contributed by atoms with Gasteiger partial charge in [0, 0.05) is 28.0 Å². The van der Waals surface area contributed by atoms with Crippen molar-refractivity contribution in [1.29, 1.82) is 0 Å². The second-order valence-corrected chi connectivity index (χ2v) is 6.93. The zero-order valence-electron chi connectivity index (χ0n) is 13.6. The Hall–Kier alpha value is -2.77. The summed E-state index contributed by atoms with van der Waals surface area (Å²) in [5, 5.41) is 17.3. The fraction of sp³-hybridized carbons (Fsp3) is 0.438. The van der Waals surface area contributed by atoms with E-state index in [0.717, 1.165) is 5.56 Å². The SMILES string of the molecule is CC(C)(C)c1nc(-c2ccc(NC(=O)[C@H]3C[C@@H]3[N+](=O)[O-])cc2)no1. The van der Waals surface area contributed by atoms with E-state index in [1.54, 1.807) is 24.3 Å². The Balaban J connectivity index is 1.67. The van der Waals surface area contributed by atoms with Crippen LogP contribution in [0.2, 0.25) is 0 Å². The van der Waals surface area contributed by atoms with Gasteiger partial charge in [-0.2, -0.15) is 4.98 Å². The number of carbonyl (C=O) groups excluding carboxylic acids is 1. The first-order valence-corrected chi connectivity index (χ1v) is 7.64. The monoisotopic (exact) mass is 330 g/mol. The number of rotatable bonds is 4. The quantitative estimate of drug-likeness (QED) is 0.681. The van der Waals surface area contributed by atoms with E-state index in [9.17, 15) is 14.9 Å². The molecule has 8 heteroatoms. The van der Waals surface area contributed by atoms with Crippen LogP contribution < -0.4 is 5.32 Å². The standard InChI is InChI=1S/C16H18N4O4/c1-16(2,3)15-18-13(19-24-15)9-4-6-10(7-5-9)17-14(21)11-8-12(11)20(22)23/h4-7,11-12H,8H2,1-3H3,(H,17,21)/t11-,12-/m0/s1. The lowest BCUT2D eigenvalue weighted by atomic mass is 9.97. The van der Waals surface area contributed by atoms with Crippen LogP contribution in [0, 0.1) is 16.0 Å². The second-order valence-electron chi connectivity index (χ2n) is 6.93. The van der Waals surface area contributed by atoms with E-state index in [4.69, 9.17) is 4.52 Å². The number of anilines is 1. The van der Waals surface area contributed by atoms with Crippen LogP contribution in [0.4, 0.5) is 5.69 Å². The molecule has 0 radical (unpaired) electrons. The molecule has 0 saturated heterocycles. The fourth-order valence-corrected chi connectivity index (χ4v) is 2.28. The van der Waals surface area contributed by atoms with Crippen molar-refractivity contribution in [1.82, 2.24) is 10.1 Å². The van der Waals surface area contributed by atoms with Gasteiger partial charge in [0.15, 0.2) is 0 Å². The average Bonchev–Trinajstić information content (AvgIpc) is 3.16.